The largest absolute Gasteiger partial charge is 0.507 e. The van der Waals surface area contributed by atoms with Gasteiger partial charge in [-0.3, -0.25) is 9.69 Å². The number of rotatable bonds is 3. The molecule has 3 rings (SSSR count). The molecule has 4 nitrogen and oxygen atoms in total. The fourth-order valence-electron chi connectivity index (χ4n) is 2.95. The molecule has 1 heterocycles. The number of para-hydroxylation sites is 1. The summed E-state index contributed by atoms with van der Waals surface area (Å²) in [6.45, 7) is 5.82. The van der Waals surface area contributed by atoms with Gasteiger partial charge in [-0.25, -0.2) is 0 Å². The number of carbonyl (C=O) groups is 1. The monoisotopic (exact) mass is 310 g/mol. The summed E-state index contributed by atoms with van der Waals surface area (Å²) in [6, 6.07) is 15.7. The van der Waals surface area contributed by atoms with Crippen molar-refractivity contribution in [1.82, 2.24) is 9.80 Å². The van der Waals surface area contributed by atoms with Crippen molar-refractivity contribution in [3.8, 4) is 5.75 Å². The molecule has 1 aliphatic rings. The molecule has 0 aliphatic carbocycles. The third kappa shape index (κ3) is 3.54. The SMILES string of the molecule is Cc1cccc(C(=O)N2CCN(Cc3ccccc3)CC2)c1O. The smallest absolute Gasteiger partial charge is 0.257 e. The molecule has 0 radical (unpaired) electrons. The van der Waals surface area contributed by atoms with Crippen LogP contribution in [-0.4, -0.2) is 47.0 Å². The van der Waals surface area contributed by atoms with Crippen molar-refractivity contribution in [2.24, 2.45) is 0 Å². The number of phenols is 1. The number of aromatic hydroxyl groups is 1. The van der Waals surface area contributed by atoms with Crippen molar-refractivity contribution in [3.05, 3.63) is 65.2 Å². The van der Waals surface area contributed by atoms with Crippen molar-refractivity contribution in [3.63, 3.8) is 0 Å². The Labute approximate surface area is 137 Å². The molecule has 0 atom stereocenters. The average molecular weight is 310 g/mol. The van der Waals surface area contributed by atoms with Crippen LogP contribution in [0.25, 0.3) is 0 Å². The minimum absolute atomic E-state index is 0.0782. The maximum atomic E-state index is 12.6. The predicted molar refractivity (Wildman–Crippen MR) is 90.5 cm³/mol. The summed E-state index contributed by atoms with van der Waals surface area (Å²) in [4.78, 5) is 16.8. The highest BCUT2D eigenvalue weighted by molar-refractivity contribution is 5.97. The molecule has 0 spiro atoms. The van der Waals surface area contributed by atoms with Gasteiger partial charge in [0.25, 0.3) is 5.91 Å². The molecule has 4 heteroatoms. The first-order valence-electron chi connectivity index (χ1n) is 7.99. The second kappa shape index (κ2) is 6.84. The molecule has 23 heavy (non-hydrogen) atoms. The molecule has 1 amide bonds. The number of piperazine rings is 1. The second-order valence-electron chi connectivity index (χ2n) is 6.03. The fraction of sp³-hybridized carbons (Fsp3) is 0.316. The first-order chi connectivity index (χ1) is 11.1. The van der Waals surface area contributed by atoms with Crippen molar-refractivity contribution in [1.29, 1.82) is 0 Å². The van der Waals surface area contributed by atoms with Crippen LogP contribution >= 0.6 is 0 Å². The van der Waals surface area contributed by atoms with Gasteiger partial charge in [0, 0.05) is 32.7 Å². The average Bonchev–Trinajstić information content (AvgIpc) is 2.58. The summed E-state index contributed by atoms with van der Waals surface area (Å²) >= 11 is 0. The Morgan fingerprint density at radius 2 is 1.70 bits per heavy atom. The van der Waals surface area contributed by atoms with Gasteiger partial charge in [0.2, 0.25) is 0 Å². The highest BCUT2D eigenvalue weighted by Crippen LogP contribution is 2.23. The number of hydrogen-bond acceptors (Lipinski definition) is 3. The lowest BCUT2D eigenvalue weighted by Gasteiger charge is -2.35. The Morgan fingerprint density at radius 3 is 2.39 bits per heavy atom. The van der Waals surface area contributed by atoms with Crippen LogP contribution in [-0.2, 0) is 6.54 Å². The van der Waals surface area contributed by atoms with E-state index >= 15 is 0 Å². The molecule has 1 aliphatic heterocycles. The maximum absolute atomic E-state index is 12.6. The first kappa shape index (κ1) is 15.6. The van der Waals surface area contributed by atoms with Crippen LogP contribution in [0, 0.1) is 6.92 Å². The molecule has 2 aromatic carbocycles. The summed E-state index contributed by atoms with van der Waals surface area (Å²) in [5, 5.41) is 10.1. The zero-order valence-electron chi connectivity index (χ0n) is 13.4. The first-order valence-corrected chi connectivity index (χ1v) is 7.99. The summed E-state index contributed by atoms with van der Waals surface area (Å²) in [6.07, 6.45) is 0. The van der Waals surface area contributed by atoms with Gasteiger partial charge in [0.15, 0.2) is 0 Å². The fourth-order valence-corrected chi connectivity index (χ4v) is 2.95. The molecular weight excluding hydrogens is 288 g/mol. The lowest BCUT2D eigenvalue weighted by Crippen LogP contribution is -2.48. The van der Waals surface area contributed by atoms with Crippen LogP contribution in [0.15, 0.2) is 48.5 Å². The predicted octanol–water partition coefficient (Wildman–Crippen LogP) is 2.66. The maximum Gasteiger partial charge on any atom is 0.257 e. The highest BCUT2D eigenvalue weighted by Gasteiger charge is 2.24. The van der Waals surface area contributed by atoms with Crippen LogP contribution < -0.4 is 0 Å². The van der Waals surface area contributed by atoms with Gasteiger partial charge >= 0.3 is 0 Å². The number of aryl methyl sites for hydroxylation is 1. The van der Waals surface area contributed by atoms with Gasteiger partial charge in [-0.2, -0.15) is 0 Å². The van der Waals surface area contributed by atoms with E-state index in [1.165, 1.54) is 5.56 Å². The molecule has 0 unspecified atom stereocenters. The molecule has 120 valence electrons. The van der Waals surface area contributed by atoms with Crippen LogP contribution in [0.4, 0.5) is 0 Å². The van der Waals surface area contributed by atoms with E-state index in [0.717, 1.165) is 25.2 Å². The third-order valence-electron chi connectivity index (χ3n) is 4.38. The summed E-state index contributed by atoms with van der Waals surface area (Å²) in [5.74, 6) is 0.0229. The van der Waals surface area contributed by atoms with E-state index in [1.54, 1.807) is 6.07 Å². The lowest BCUT2D eigenvalue weighted by molar-refractivity contribution is 0.0625. The molecule has 1 fully saturated rings. The zero-order chi connectivity index (χ0) is 16.2. The van der Waals surface area contributed by atoms with E-state index in [-0.39, 0.29) is 11.7 Å². The van der Waals surface area contributed by atoms with Crippen LogP contribution in [0.3, 0.4) is 0 Å². The number of nitrogens with zero attached hydrogens (tertiary/aromatic N) is 2. The highest BCUT2D eigenvalue weighted by atomic mass is 16.3. The minimum atomic E-state index is -0.0782. The van der Waals surface area contributed by atoms with E-state index < -0.39 is 0 Å². The third-order valence-corrected chi connectivity index (χ3v) is 4.38. The Hall–Kier alpha value is -2.33. The van der Waals surface area contributed by atoms with Gasteiger partial charge in [-0.05, 0) is 24.1 Å². The van der Waals surface area contributed by atoms with Crippen LogP contribution in [0.1, 0.15) is 21.5 Å². The Balaban J connectivity index is 1.60. The van der Waals surface area contributed by atoms with Crippen molar-refractivity contribution in [2.75, 3.05) is 26.2 Å². The summed E-state index contributed by atoms with van der Waals surface area (Å²) in [5.41, 5.74) is 2.43. The standard InChI is InChI=1S/C19H22N2O2/c1-15-6-5-9-17(18(15)22)19(23)21-12-10-20(11-13-21)14-16-7-3-2-4-8-16/h2-9,22H,10-14H2,1H3. The normalized spacial score (nSPS) is 15.6. The molecule has 1 N–H and O–H groups in total. The number of amides is 1. The van der Waals surface area contributed by atoms with E-state index in [0.29, 0.717) is 18.7 Å². The quantitative estimate of drug-likeness (QED) is 0.948. The number of hydrogen-bond donors (Lipinski definition) is 1. The number of carbonyl (C=O) groups excluding carboxylic acids is 1. The molecule has 2 aromatic rings. The van der Waals surface area contributed by atoms with E-state index in [2.05, 4.69) is 29.2 Å². The van der Waals surface area contributed by atoms with Crippen molar-refractivity contribution >= 4 is 5.91 Å². The van der Waals surface area contributed by atoms with Crippen molar-refractivity contribution < 1.29 is 9.90 Å². The van der Waals surface area contributed by atoms with Gasteiger partial charge in [-0.15, -0.1) is 0 Å². The zero-order valence-corrected chi connectivity index (χ0v) is 13.4. The summed E-state index contributed by atoms with van der Waals surface area (Å²) < 4.78 is 0. The van der Waals surface area contributed by atoms with Gasteiger partial charge in [-0.1, -0.05) is 42.5 Å². The topological polar surface area (TPSA) is 43.8 Å². The Bertz CT molecular complexity index is 677. The van der Waals surface area contributed by atoms with E-state index in [1.807, 2.05) is 30.0 Å². The summed E-state index contributed by atoms with van der Waals surface area (Å²) in [7, 11) is 0. The number of phenolic OH excluding ortho intramolecular Hbond substituents is 1. The van der Waals surface area contributed by atoms with Gasteiger partial charge in [0.1, 0.15) is 5.75 Å². The van der Waals surface area contributed by atoms with Crippen LogP contribution in [0.5, 0.6) is 5.75 Å². The number of benzene rings is 2. The molecule has 0 saturated carbocycles. The molecule has 0 aromatic heterocycles. The van der Waals surface area contributed by atoms with Crippen molar-refractivity contribution in [2.45, 2.75) is 13.5 Å². The van der Waals surface area contributed by atoms with Gasteiger partial charge in [0.05, 0.1) is 5.56 Å². The minimum Gasteiger partial charge on any atom is -0.507 e. The van der Waals surface area contributed by atoms with E-state index in [9.17, 15) is 9.90 Å². The Morgan fingerprint density at radius 1 is 1.00 bits per heavy atom. The van der Waals surface area contributed by atoms with Gasteiger partial charge < -0.3 is 10.0 Å². The molecule has 0 bridgehead atoms. The van der Waals surface area contributed by atoms with E-state index in [4.69, 9.17) is 0 Å². The van der Waals surface area contributed by atoms with Crippen LogP contribution in [0.2, 0.25) is 0 Å². The molecular formula is C19H22N2O2. The Kier molecular flexibility index (Phi) is 4.63. The second-order valence-corrected chi connectivity index (χ2v) is 6.03. The lowest BCUT2D eigenvalue weighted by atomic mass is 10.1. The molecule has 1 saturated heterocycles.